The summed E-state index contributed by atoms with van der Waals surface area (Å²) in [6.45, 7) is 2.66. The van der Waals surface area contributed by atoms with Gasteiger partial charge in [-0.25, -0.2) is 0 Å². The number of hydrogen-bond donors (Lipinski definition) is 4. The van der Waals surface area contributed by atoms with E-state index in [-0.39, 0.29) is 23.8 Å². The number of hydrogen-bond acceptors (Lipinski definition) is 5. The van der Waals surface area contributed by atoms with E-state index in [9.17, 15) is 9.59 Å². The van der Waals surface area contributed by atoms with Gasteiger partial charge in [-0.1, -0.05) is 0 Å². The van der Waals surface area contributed by atoms with Crippen molar-refractivity contribution in [1.29, 1.82) is 0 Å². The average Bonchev–Trinajstić information content (AvgIpc) is 3.74. The van der Waals surface area contributed by atoms with Crippen LogP contribution in [0.25, 0.3) is 0 Å². The van der Waals surface area contributed by atoms with Gasteiger partial charge in [0.1, 0.15) is 10.8 Å². The number of aromatic nitrogens is 2. The molecule has 3 fully saturated rings. The second-order valence-corrected chi connectivity index (χ2v) is 12.3. The second-order valence-electron chi connectivity index (χ2n) is 10.8. The monoisotopic (exact) mass is 512 g/mol. The van der Waals surface area contributed by atoms with E-state index in [4.69, 9.17) is 12.2 Å². The lowest BCUT2D eigenvalue weighted by molar-refractivity contribution is -0.117. The molecule has 35 heavy (non-hydrogen) atoms. The first-order valence-electron chi connectivity index (χ1n) is 12.6. The zero-order chi connectivity index (χ0) is 24.3. The first-order valence-corrected chi connectivity index (χ1v) is 13.9. The van der Waals surface area contributed by atoms with Crippen LogP contribution in [0.3, 0.4) is 0 Å². The molecule has 0 bridgehead atoms. The van der Waals surface area contributed by atoms with Crippen molar-refractivity contribution in [1.82, 2.24) is 20.4 Å². The molecule has 3 saturated carbocycles. The van der Waals surface area contributed by atoms with Gasteiger partial charge < -0.3 is 21.3 Å². The van der Waals surface area contributed by atoms with Gasteiger partial charge in [0.05, 0.1) is 11.3 Å². The predicted octanol–water partition coefficient (Wildman–Crippen LogP) is 3.51. The van der Waals surface area contributed by atoms with Crippen molar-refractivity contribution < 1.29 is 9.59 Å². The van der Waals surface area contributed by atoms with Crippen molar-refractivity contribution in [2.75, 3.05) is 17.2 Å². The fraction of sp³-hybridized carbons (Fsp3) is 0.600. The van der Waals surface area contributed by atoms with Crippen LogP contribution < -0.4 is 21.3 Å². The molecular formula is C25H32N6O2S2. The molecule has 2 atom stereocenters. The van der Waals surface area contributed by atoms with E-state index < -0.39 is 0 Å². The lowest BCUT2D eigenvalue weighted by Gasteiger charge is -2.25. The Hall–Kier alpha value is -2.46. The number of fused-ring (bicyclic) bond motifs is 1. The van der Waals surface area contributed by atoms with Crippen molar-refractivity contribution in [3.63, 3.8) is 0 Å². The summed E-state index contributed by atoms with van der Waals surface area (Å²) < 4.78 is 1.77. The number of amides is 2. The van der Waals surface area contributed by atoms with Crippen LogP contribution in [0.5, 0.6) is 0 Å². The third-order valence-corrected chi connectivity index (χ3v) is 9.38. The first kappa shape index (κ1) is 23.0. The molecule has 1 spiro atoms. The summed E-state index contributed by atoms with van der Waals surface area (Å²) in [5, 5.41) is 18.6. The quantitative estimate of drug-likeness (QED) is 0.424. The normalized spacial score (nSPS) is 23.4. The fourth-order valence-corrected chi connectivity index (χ4v) is 6.89. The van der Waals surface area contributed by atoms with Crippen molar-refractivity contribution in [3.8, 4) is 0 Å². The van der Waals surface area contributed by atoms with Crippen molar-refractivity contribution in [2.24, 2.45) is 24.3 Å². The average molecular weight is 513 g/mol. The molecule has 0 aliphatic heterocycles. The van der Waals surface area contributed by atoms with E-state index in [1.165, 1.54) is 30.6 Å². The van der Waals surface area contributed by atoms with Crippen LogP contribution in [0.4, 0.5) is 10.8 Å². The van der Waals surface area contributed by atoms with E-state index in [2.05, 4.69) is 26.4 Å². The third-order valence-electron chi connectivity index (χ3n) is 7.95. The van der Waals surface area contributed by atoms with E-state index >= 15 is 0 Å². The summed E-state index contributed by atoms with van der Waals surface area (Å²) in [4.78, 5) is 27.5. The minimum Gasteiger partial charge on any atom is -0.359 e. The van der Waals surface area contributed by atoms with E-state index in [0.29, 0.717) is 35.0 Å². The molecule has 2 heterocycles. The zero-order valence-electron chi connectivity index (χ0n) is 20.2. The molecule has 8 nitrogen and oxygen atoms in total. The van der Waals surface area contributed by atoms with E-state index in [1.807, 2.05) is 20.0 Å². The van der Waals surface area contributed by atoms with Gasteiger partial charge in [-0.3, -0.25) is 14.3 Å². The SMILES string of the molecule is Cc1cc(NC(=S)N[C@H]2CCc3sc(NC(=O)C4CC45CC5)c(C(=O)NCC4CC4)c3C2)n(C)n1. The van der Waals surface area contributed by atoms with Gasteiger partial charge >= 0.3 is 0 Å². The van der Waals surface area contributed by atoms with Gasteiger partial charge in [-0.05, 0) is 87.4 Å². The molecule has 4 N–H and O–H groups in total. The summed E-state index contributed by atoms with van der Waals surface area (Å²) in [7, 11) is 1.88. The van der Waals surface area contributed by atoms with Gasteiger partial charge in [0.15, 0.2) is 5.11 Å². The maximum Gasteiger partial charge on any atom is 0.254 e. The lowest BCUT2D eigenvalue weighted by Crippen LogP contribution is -2.41. The summed E-state index contributed by atoms with van der Waals surface area (Å²) >= 11 is 7.16. The number of anilines is 2. The van der Waals surface area contributed by atoms with Crippen molar-refractivity contribution in [2.45, 2.75) is 64.3 Å². The number of nitrogens with one attached hydrogen (secondary N) is 4. The number of carbonyl (C=O) groups excluding carboxylic acids is 2. The molecular weight excluding hydrogens is 480 g/mol. The largest absolute Gasteiger partial charge is 0.359 e. The van der Waals surface area contributed by atoms with E-state index in [1.54, 1.807) is 16.0 Å². The minimum atomic E-state index is -0.0617. The summed E-state index contributed by atoms with van der Waals surface area (Å²) in [5.41, 5.74) is 2.93. The van der Waals surface area contributed by atoms with E-state index in [0.717, 1.165) is 41.3 Å². The van der Waals surface area contributed by atoms with Crippen molar-refractivity contribution >= 4 is 51.3 Å². The minimum absolute atomic E-state index is 0.0617. The molecule has 2 aromatic rings. The number of thiophene rings is 1. The highest BCUT2D eigenvalue weighted by atomic mass is 32.1. The molecule has 0 aromatic carbocycles. The first-order chi connectivity index (χ1) is 16.8. The van der Waals surface area contributed by atoms with Crippen molar-refractivity contribution in [3.05, 3.63) is 27.8 Å². The maximum atomic E-state index is 13.3. The van der Waals surface area contributed by atoms with Crippen LogP contribution in [-0.4, -0.2) is 39.3 Å². The van der Waals surface area contributed by atoms with Gasteiger partial charge in [-0.2, -0.15) is 5.10 Å². The van der Waals surface area contributed by atoms with Crippen LogP contribution in [0.1, 0.15) is 65.0 Å². The van der Waals surface area contributed by atoms with Crippen LogP contribution >= 0.6 is 23.6 Å². The summed E-state index contributed by atoms with van der Waals surface area (Å²) in [5.74, 6) is 1.58. The topological polar surface area (TPSA) is 100 Å². The smallest absolute Gasteiger partial charge is 0.254 e. The van der Waals surface area contributed by atoms with Gasteiger partial charge in [-0.15, -0.1) is 11.3 Å². The van der Waals surface area contributed by atoms with Gasteiger partial charge in [0.2, 0.25) is 5.91 Å². The predicted molar refractivity (Wildman–Crippen MR) is 141 cm³/mol. The number of thiocarbonyl (C=S) groups is 1. The Morgan fingerprint density at radius 2 is 2.06 bits per heavy atom. The molecule has 4 aliphatic rings. The van der Waals surface area contributed by atoms with Crippen LogP contribution in [0.2, 0.25) is 0 Å². The van der Waals surface area contributed by atoms with Crippen LogP contribution in [0.15, 0.2) is 6.07 Å². The molecule has 10 heteroatoms. The molecule has 2 amide bonds. The number of nitrogens with zero attached hydrogens (tertiary/aromatic N) is 2. The van der Waals surface area contributed by atoms with Gasteiger partial charge in [0.25, 0.3) is 5.91 Å². The zero-order valence-corrected chi connectivity index (χ0v) is 21.8. The summed E-state index contributed by atoms with van der Waals surface area (Å²) in [6, 6.07) is 2.07. The Bertz CT molecular complexity index is 1210. The Morgan fingerprint density at radius 3 is 2.71 bits per heavy atom. The van der Waals surface area contributed by atoms with Crippen LogP contribution in [0, 0.1) is 24.2 Å². The summed E-state index contributed by atoms with van der Waals surface area (Å²) in [6.07, 6.45) is 8.18. The Kier molecular flexibility index (Phi) is 5.63. The molecule has 6 rings (SSSR count). The van der Waals surface area contributed by atoms with Gasteiger partial charge in [0, 0.05) is 36.5 Å². The second kappa shape index (κ2) is 8.58. The highest BCUT2D eigenvalue weighted by Gasteiger charge is 2.65. The Morgan fingerprint density at radius 1 is 1.26 bits per heavy atom. The highest BCUT2D eigenvalue weighted by molar-refractivity contribution is 7.80. The lowest BCUT2D eigenvalue weighted by atomic mass is 9.91. The molecule has 0 saturated heterocycles. The number of rotatable bonds is 7. The maximum absolute atomic E-state index is 13.3. The fourth-order valence-electron chi connectivity index (χ4n) is 5.38. The molecule has 1 unspecified atom stereocenters. The van der Waals surface area contributed by atoms with Crippen LogP contribution in [-0.2, 0) is 24.7 Å². The third kappa shape index (κ3) is 4.70. The Labute approximate surface area is 214 Å². The number of aryl methyl sites for hydroxylation is 3. The Balaban J connectivity index is 1.17. The highest BCUT2D eigenvalue weighted by Crippen LogP contribution is 2.70. The molecule has 2 aromatic heterocycles. The molecule has 186 valence electrons. The standard InChI is InChI=1S/C25H32N6O2S2/c1-13-9-19(31(2)30-13)28-24(34)27-15-5-6-18-16(10-15)20(22(33)26-12-14-3-4-14)23(35-18)29-21(32)17-11-25(17)7-8-25/h9,14-15,17H,3-8,10-12H2,1-2H3,(H,26,33)(H,29,32)(H2,27,28,34)/t15-,17?/m0/s1. The number of carbonyl (C=O) groups is 2. The molecule has 4 aliphatic carbocycles. The molecule has 0 radical (unpaired) electrons.